The lowest BCUT2D eigenvalue weighted by molar-refractivity contribution is -0.179. The predicted octanol–water partition coefficient (Wildman–Crippen LogP) is 6.05. The fraction of sp³-hybridized carbons (Fsp3) is 0.269. The smallest absolute Gasteiger partial charge is 0.355 e. The molecule has 9 nitrogen and oxygen atoms in total. The standard InChI is InChI=1S/C26H23Cl2F3N8O/c1-14(40)33-24(32)37-25-35-22(38-12-10-15(11-13-38)26(29,30)31)20-23(36-25)39(17-8-6-16(27)7-9-17)21(34-20)18-4-2-3-5-19(18)28/h2-9,15H,10-13H2,1H3,(H3,32,33,35,36,37,40). The number of hydrogen-bond acceptors (Lipinski definition) is 6. The minimum atomic E-state index is -4.28. The van der Waals surface area contributed by atoms with Crippen LogP contribution in [0.15, 0.2) is 48.5 Å². The lowest BCUT2D eigenvalue weighted by Gasteiger charge is -2.33. The van der Waals surface area contributed by atoms with Crippen LogP contribution in [-0.4, -0.2) is 50.7 Å². The molecule has 1 aliphatic heterocycles. The van der Waals surface area contributed by atoms with Gasteiger partial charge in [-0.3, -0.25) is 25.4 Å². The van der Waals surface area contributed by atoms with Crippen molar-refractivity contribution in [3.63, 3.8) is 0 Å². The Bertz CT molecular complexity index is 1580. The van der Waals surface area contributed by atoms with Crippen LogP contribution in [0, 0.1) is 11.3 Å². The Kier molecular flexibility index (Phi) is 7.56. The highest BCUT2D eigenvalue weighted by molar-refractivity contribution is 6.33. The second kappa shape index (κ2) is 10.9. The molecule has 2 aromatic carbocycles. The highest BCUT2D eigenvalue weighted by atomic mass is 35.5. The number of hydrogen-bond donors (Lipinski definition) is 3. The first-order valence-electron chi connectivity index (χ1n) is 12.3. The quantitative estimate of drug-likeness (QED) is 0.197. The van der Waals surface area contributed by atoms with Crippen molar-refractivity contribution in [2.45, 2.75) is 25.9 Å². The molecule has 5 rings (SSSR count). The van der Waals surface area contributed by atoms with Gasteiger partial charge in [-0.25, -0.2) is 4.98 Å². The Balaban J connectivity index is 1.72. The molecular weight excluding hydrogens is 568 g/mol. The van der Waals surface area contributed by atoms with Gasteiger partial charge in [0, 0.05) is 36.3 Å². The Morgan fingerprint density at radius 1 is 1.02 bits per heavy atom. The van der Waals surface area contributed by atoms with Gasteiger partial charge in [-0.2, -0.15) is 23.1 Å². The summed E-state index contributed by atoms with van der Waals surface area (Å²) in [5.74, 6) is -1.56. The summed E-state index contributed by atoms with van der Waals surface area (Å²) in [6.07, 6.45) is -4.48. The first kappa shape index (κ1) is 27.7. The van der Waals surface area contributed by atoms with Crippen LogP contribution in [-0.2, 0) is 4.79 Å². The second-order valence-corrected chi connectivity index (χ2v) is 10.1. The summed E-state index contributed by atoms with van der Waals surface area (Å²) in [7, 11) is 0. The van der Waals surface area contributed by atoms with Gasteiger partial charge in [-0.15, -0.1) is 0 Å². The molecule has 0 saturated carbocycles. The van der Waals surface area contributed by atoms with Crippen LogP contribution in [0.3, 0.4) is 0 Å². The summed E-state index contributed by atoms with van der Waals surface area (Å²) in [6, 6.07) is 14.1. The maximum atomic E-state index is 13.4. The number of rotatable bonds is 4. The molecule has 1 fully saturated rings. The molecule has 0 aliphatic carbocycles. The molecule has 0 unspecified atom stereocenters. The number of piperidine rings is 1. The Hall–Kier alpha value is -3.90. The van der Waals surface area contributed by atoms with Gasteiger partial charge in [-0.05, 0) is 49.2 Å². The van der Waals surface area contributed by atoms with E-state index in [0.29, 0.717) is 44.1 Å². The minimum absolute atomic E-state index is 0.0417. The molecule has 0 radical (unpaired) electrons. The molecule has 3 heterocycles. The predicted molar refractivity (Wildman–Crippen MR) is 148 cm³/mol. The number of nitrogens with one attached hydrogen (secondary N) is 3. The summed E-state index contributed by atoms with van der Waals surface area (Å²) in [5, 5.41) is 14.0. The third kappa shape index (κ3) is 5.68. The van der Waals surface area contributed by atoms with Gasteiger partial charge in [0.2, 0.25) is 17.8 Å². The summed E-state index contributed by atoms with van der Waals surface area (Å²) in [6.45, 7) is 1.43. The van der Waals surface area contributed by atoms with Crippen molar-refractivity contribution < 1.29 is 18.0 Å². The normalized spacial score (nSPS) is 14.4. The number of aromatic nitrogens is 4. The molecule has 4 aromatic rings. The molecule has 1 amide bonds. The molecule has 2 aromatic heterocycles. The van der Waals surface area contributed by atoms with Crippen LogP contribution in [0.2, 0.25) is 10.0 Å². The average molecular weight is 591 g/mol. The zero-order valence-corrected chi connectivity index (χ0v) is 22.6. The van der Waals surface area contributed by atoms with Crippen LogP contribution in [0.5, 0.6) is 0 Å². The topological polar surface area (TPSA) is 112 Å². The molecule has 0 bridgehead atoms. The van der Waals surface area contributed by atoms with Crippen LogP contribution in [0.25, 0.3) is 28.2 Å². The van der Waals surface area contributed by atoms with Crippen molar-refractivity contribution in [3.8, 4) is 17.1 Å². The third-order valence-corrected chi connectivity index (χ3v) is 7.06. The SMILES string of the molecule is CC(=O)NC(=N)Nc1nc(N2CCC(C(F)(F)F)CC2)c2nc(-c3ccccc3Cl)n(-c3ccc(Cl)cc3)c2n1. The van der Waals surface area contributed by atoms with Gasteiger partial charge in [0.05, 0.1) is 10.9 Å². The molecule has 208 valence electrons. The fourth-order valence-corrected chi connectivity index (χ4v) is 4.96. The van der Waals surface area contributed by atoms with Gasteiger partial charge in [-0.1, -0.05) is 35.3 Å². The van der Waals surface area contributed by atoms with E-state index in [9.17, 15) is 18.0 Å². The molecule has 1 saturated heterocycles. The Labute approximate surface area is 236 Å². The molecule has 0 atom stereocenters. The number of amides is 1. The van der Waals surface area contributed by atoms with Crippen molar-refractivity contribution >= 4 is 58.0 Å². The van der Waals surface area contributed by atoms with E-state index < -0.39 is 18.0 Å². The largest absolute Gasteiger partial charge is 0.391 e. The van der Waals surface area contributed by atoms with Gasteiger partial charge in [0.25, 0.3) is 0 Å². The van der Waals surface area contributed by atoms with Crippen molar-refractivity contribution in [1.82, 2.24) is 24.8 Å². The molecule has 40 heavy (non-hydrogen) atoms. The van der Waals surface area contributed by atoms with Crippen molar-refractivity contribution in [3.05, 3.63) is 58.6 Å². The maximum absolute atomic E-state index is 13.4. The third-order valence-electron chi connectivity index (χ3n) is 6.48. The summed E-state index contributed by atoms with van der Waals surface area (Å²) in [5.41, 5.74) is 1.90. The number of imidazole rings is 1. The van der Waals surface area contributed by atoms with E-state index >= 15 is 0 Å². The number of halogens is 5. The lowest BCUT2D eigenvalue weighted by Crippen LogP contribution is -2.39. The van der Waals surface area contributed by atoms with E-state index in [1.54, 1.807) is 51.9 Å². The Morgan fingerprint density at radius 2 is 1.70 bits per heavy atom. The number of carbonyl (C=O) groups is 1. The van der Waals surface area contributed by atoms with Gasteiger partial charge in [0.1, 0.15) is 5.82 Å². The van der Waals surface area contributed by atoms with Gasteiger partial charge in [0.15, 0.2) is 17.0 Å². The van der Waals surface area contributed by atoms with E-state index in [2.05, 4.69) is 20.6 Å². The highest BCUT2D eigenvalue weighted by Gasteiger charge is 2.41. The first-order chi connectivity index (χ1) is 19.0. The summed E-state index contributed by atoms with van der Waals surface area (Å²) in [4.78, 5) is 27.2. The minimum Gasteiger partial charge on any atom is -0.355 e. The van der Waals surface area contributed by atoms with Crippen LogP contribution >= 0.6 is 23.2 Å². The Morgan fingerprint density at radius 3 is 2.33 bits per heavy atom. The van der Waals surface area contributed by atoms with Gasteiger partial charge < -0.3 is 4.90 Å². The van der Waals surface area contributed by atoms with E-state index in [1.807, 2.05) is 6.07 Å². The van der Waals surface area contributed by atoms with Crippen LogP contribution in [0.1, 0.15) is 19.8 Å². The lowest BCUT2D eigenvalue weighted by atomic mass is 9.96. The van der Waals surface area contributed by atoms with E-state index in [4.69, 9.17) is 33.6 Å². The summed E-state index contributed by atoms with van der Waals surface area (Å²) < 4.78 is 41.9. The van der Waals surface area contributed by atoms with E-state index in [0.717, 1.165) is 0 Å². The highest BCUT2D eigenvalue weighted by Crippen LogP contribution is 2.39. The zero-order chi connectivity index (χ0) is 28.6. The second-order valence-electron chi connectivity index (χ2n) is 9.25. The number of alkyl halides is 3. The number of nitrogens with zero attached hydrogens (tertiary/aromatic N) is 5. The monoisotopic (exact) mass is 590 g/mol. The van der Waals surface area contributed by atoms with E-state index in [-0.39, 0.29) is 37.8 Å². The number of fused-ring (bicyclic) bond motifs is 1. The number of guanidine groups is 1. The van der Waals surface area contributed by atoms with Gasteiger partial charge >= 0.3 is 6.18 Å². The number of benzene rings is 2. The van der Waals surface area contributed by atoms with Crippen molar-refractivity contribution in [2.24, 2.45) is 5.92 Å². The molecular formula is C26H23Cl2F3N8O. The number of carbonyl (C=O) groups excluding carboxylic acids is 1. The first-order valence-corrected chi connectivity index (χ1v) is 13.0. The van der Waals surface area contributed by atoms with Crippen molar-refractivity contribution in [2.75, 3.05) is 23.3 Å². The molecule has 14 heteroatoms. The maximum Gasteiger partial charge on any atom is 0.391 e. The summed E-state index contributed by atoms with van der Waals surface area (Å²) >= 11 is 12.7. The molecule has 0 spiro atoms. The fourth-order valence-electron chi connectivity index (χ4n) is 4.62. The van der Waals surface area contributed by atoms with Crippen LogP contribution in [0.4, 0.5) is 24.9 Å². The average Bonchev–Trinajstić information content (AvgIpc) is 3.27. The molecule has 3 N–H and O–H groups in total. The van der Waals surface area contributed by atoms with Crippen molar-refractivity contribution in [1.29, 1.82) is 5.41 Å². The zero-order valence-electron chi connectivity index (χ0n) is 21.1. The van der Waals surface area contributed by atoms with E-state index in [1.165, 1.54) is 6.92 Å². The van der Waals surface area contributed by atoms with Crippen LogP contribution < -0.4 is 15.5 Å². The number of anilines is 2. The molecule has 1 aliphatic rings.